The third-order valence-electron chi connectivity index (χ3n) is 5.59. The highest BCUT2D eigenvalue weighted by atomic mass is 79.9. The first-order valence-electron chi connectivity index (χ1n) is 10.3. The first-order chi connectivity index (χ1) is 16.3. The third kappa shape index (κ3) is 3.82. The van der Waals surface area contributed by atoms with Crippen LogP contribution in [-0.2, 0) is 16.4 Å². The van der Waals surface area contributed by atoms with Gasteiger partial charge in [0.05, 0.1) is 19.4 Å². The normalized spacial score (nSPS) is 16.4. The predicted octanol–water partition coefficient (Wildman–Crippen LogP) is 3.73. The second kappa shape index (κ2) is 8.44. The molecular formula is C22H20BrN5O5S. The van der Waals surface area contributed by atoms with Crippen LogP contribution < -0.4 is 24.6 Å². The molecule has 0 saturated carbocycles. The number of carbonyl (C=O) groups excluding carboxylic acids is 1. The van der Waals surface area contributed by atoms with Crippen molar-refractivity contribution in [2.24, 2.45) is 0 Å². The van der Waals surface area contributed by atoms with Gasteiger partial charge in [-0.3, -0.25) is 9.80 Å². The van der Waals surface area contributed by atoms with Gasteiger partial charge < -0.3 is 14.8 Å². The lowest BCUT2D eigenvalue weighted by atomic mass is 10.2. The number of halogens is 1. The standard InChI is InChI=1S/C22H20BrN5O5S/c1-27-20-13(12-28(22(27)29)19-15(23)4-3-5-17(19)32-2)11-24-21(26-20)25-14-6-7-16-18(10-14)34(30,31)9-8-33-16/h3-7,10-11H,8-9,12H2,1-2H3,(H,24,25,26). The summed E-state index contributed by atoms with van der Waals surface area (Å²) in [4.78, 5) is 25.3. The monoisotopic (exact) mass is 545 g/mol. The molecule has 0 radical (unpaired) electrons. The van der Waals surface area contributed by atoms with E-state index in [4.69, 9.17) is 9.47 Å². The number of sulfone groups is 1. The van der Waals surface area contributed by atoms with E-state index in [-0.39, 0.29) is 35.8 Å². The SMILES string of the molecule is COc1cccc(Br)c1N1Cc2cnc(Nc3ccc4c(c3)S(=O)(=O)CCO4)nc2N(C)C1=O. The van der Waals surface area contributed by atoms with E-state index >= 15 is 0 Å². The molecule has 3 heterocycles. The molecule has 5 rings (SSSR count). The van der Waals surface area contributed by atoms with Crippen LogP contribution in [0.3, 0.4) is 0 Å². The molecule has 176 valence electrons. The Labute approximate surface area is 204 Å². The smallest absolute Gasteiger partial charge is 0.330 e. The lowest BCUT2D eigenvalue weighted by Gasteiger charge is -2.35. The zero-order valence-corrected chi connectivity index (χ0v) is 20.7. The number of carbonyl (C=O) groups is 1. The molecule has 0 fully saturated rings. The summed E-state index contributed by atoms with van der Waals surface area (Å²) in [7, 11) is -0.220. The quantitative estimate of drug-likeness (QED) is 0.527. The topological polar surface area (TPSA) is 114 Å². The van der Waals surface area contributed by atoms with E-state index in [1.165, 1.54) is 11.0 Å². The summed E-state index contributed by atoms with van der Waals surface area (Å²) in [5.74, 6) is 1.52. The molecule has 0 aliphatic carbocycles. The van der Waals surface area contributed by atoms with E-state index in [0.29, 0.717) is 28.7 Å². The number of hydrogen-bond donors (Lipinski definition) is 1. The number of methoxy groups -OCH3 is 1. The van der Waals surface area contributed by atoms with Gasteiger partial charge in [0, 0.05) is 29.0 Å². The maximum atomic E-state index is 13.2. The summed E-state index contributed by atoms with van der Waals surface area (Å²) in [6.45, 7) is 0.394. The highest BCUT2D eigenvalue weighted by Gasteiger charge is 2.33. The molecule has 34 heavy (non-hydrogen) atoms. The maximum Gasteiger partial charge on any atom is 0.330 e. The molecule has 1 N–H and O–H groups in total. The lowest BCUT2D eigenvalue weighted by molar-refractivity contribution is 0.251. The Hall–Kier alpha value is -3.38. The van der Waals surface area contributed by atoms with Gasteiger partial charge in [0.1, 0.15) is 34.5 Å². The van der Waals surface area contributed by atoms with Crippen LogP contribution in [-0.4, -0.2) is 50.9 Å². The first-order valence-corrected chi connectivity index (χ1v) is 12.7. The highest BCUT2D eigenvalue weighted by molar-refractivity contribution is 9.10. The van der Waals surface area contributed by atoms with Gasteiger partial charge in [0.2, 0.25) is 5.95 Å². The second-order valence-electron chi connectivity index (χ2n) is 7.71. The first kappa shape index (κ1) is 22.4. The molecule has 2 aliphatic rings. The van der Waals surface area contributed by atoms with Gasteiger partial charge in [-0.2, -0.15) is 4.98 Å². The van der Waals surface area contributed by atoms with Gasteiger partial charge in [-0.1, -0.05) is 6.07 Å². The summed E-state index contributed by atoms with van der Waals surface area (Å²) in [6, 6.07) is 9.98. The van der Waals surface area contributed by atoms with Crippen LogP contribution in [0.1, 0.15) is 5.56 Å². The molecule has 0 bridgehead atoms. The average Bonchev–Trinajstić information content (AvgIpc) is 2.82. The van der Waals surface area contributed by atoms with E-state index in [0.717, 1.165) is 10.0 Å². The zero-order chi connectivity index (χ0) is 24.0. The minimum absolute atomic E-state index is 0.0650. The average molecular weight is 546 g/mol. The third-order valence-corrected chi connectivity index (χ3v) is 7.92. The van der Waals surface area contributed by atoms with Crippen molar-refractivity contribution in [2.75, 3.05) is 41.6 Å². The Morgan fingerprint density at radius 1 is 1.24 bits per heavy atom. The van der Waals surface area contributed by atoms with Crippen molar-refractivity contribution in [3.05, 3.63) is 52.6 Å². The molecule has 0 saturated heterocycles. The van der Waals surface area contributed by atoms with Crippen molar-refractivity contribution in [1.29, 1.82) is 0 Å². The Kier molecular flexibility index (Phi) is 5.56. The summed E-state index contributed by atoms with van der Waals surface area (Å²) in [5.41, 5.74) is 1.86. The number of benzene rings is 2. The molecule has 10 nitrogen and oxygen atoms in total. The van der Waals surface area contributed by atoms with Crippen LogP contribution in [0, 0.1) is 0 Å². The van der Waals surface area contributed by atoms with Crippen molar-refractivity contribution in [3.8, 4) is 11.5 Å². The van der Waals surface area contributed by atoms with Crippen LogP contribution in [0.5, 0.6) is 11.5 Å². The van der Waals surface area contributed by atoms with E-state index in [2.05, 4.69) is 31.2 Å². The lowest BCUT2D eigenvalue weighted by Crippen LogP contribution is -2.46. The summed E-state index contributed by atoms with van der Waals surface area (Å²) in [6.07, 6.45) is 1.64. The summed E-state index contributed by atoms with van der Waals surface area (Å²) < 4.78 is 36.3. The zero-order valence-electron chi connectivity index (χ0n) is 18.3. The number of rotatable bonds is 4. The van der Waals surface area contributed by atoms with Gasteiger partial charge >= 0.3 is 6.03 Å². The number of aromatic nitrogens is 2. The van der Waals surface area contributed by atoms with Crippen LogP contribution in [0.4, 0.5) is 27.9 Å². The summed E-state index contributed by atoms with van der Waals surface area (Å²) in [5, 5.41) is 3.03. The molecule has 3 aromatic rings. The molecule has 12 heteroatoms. The van der Waals surface area contributed by atoms with Crippen molar-refractivity contribution >= 4 is 54.9 Å². The largest absolute Gasteiger partial charge is 0.495 e. The Balaban J connectivity index is 1.46. The van der Waals surface area contributed by atoms with Gasteiger partial charge in [0.25, 0.3) is 0 Å². The Morgan fingerprint density at radius 2 is 2.06 bits per heavy atom. The van der Waals surface area contributed by atoms with Crippen LogP contribution >= 0.6 is 15.9 Å². The number of urea groups is 1. The van der Waals surface area contributed by atoms with E-state index in [1.54, 1.807) is 43.5 Å². The predicted molar refractivity (Wildman–Crippen MR) is 130 cm³/mol. The van der Waals surface area contributed by atoms with Crippen molar-refractivity contribution in [1.82, 2.24) is 9.97 Å². The van der Waals surface area contributed by atoms with Crippen LogP contribution in [0.25, 0.3) is 0 Å². The molecule has 1 aromatic heterocycles. The van der Waals surface area contributed by atoms with Gasteiger partial charge in [-0.15, -0.1) is 0 Å². The number of amides is 2. The number of hydrogen-bond acceptors (Lipinski definition) is 8. The van der Waals surface area contributed by atoms with Gasteiger partial charge in [0.15, 0.2) is 9.84 Å². The van der Waals surface area contributed by atoms with Gasteiger partial charge in [-0.25, -0.2) is 18.2 Å². The fourth-order valence-electron chi connectivity index (χ4n) is 3.91. The van der Waals surface area contributed by atoms with E-state index < -0.39 is 9.84 Å². The van der Waals surface area contributed by atoms with Crippen molar-refractivity contribution in [2.45, 2.75) is 11.4 Å². The number of nitrogens with one attached hydrogen (secondary N) is 1. The number of nitrogens with zero attached hydrogens (tertiary/aromatic N) is 4. The molecule has 0 atom stereocenters. The minimum Gasteiger partial charge on any atom is -0.495 e. The molecular weight excluding hydrogens is 526 g/mol. The Bertz CT molecular complexity index is 1410. The van der Waals surface area contributed by atoms with Gasteiger partial charge in [-0.05, 0) is 46.3 Å². The summed E-state index contributed by atoms with van der Waals surface area (Å²) >= 11 is 3.51. The molecule has 2 aromatic carbocycles. The van der Waals surface area contributed by atoms with Crippen LogP contribution in [0.15, 0.2) is 52.0 Å². The second-order valence-corrected chi connectivity index (χ2v) is 10.6. The fraction of sp³-hybridized carbons (Fsp3) is 0.227. The number of ether oxygens (including phenoxy) is 2. The highest BCUT2D eigenvalue weighted by Crippen LogP contribution is 2.40. The number of anilines is 4. The van der Waals surface area contributed by atoms with Crippen LogP contribution in [0.2, 0.25) is 0 Å². The number of para-hydroxylation sites is 1. The van der Waals surface area contributed by atoms with E-state index in [9.17, 15) is 13.2 Å². The van der Waals surface area contributed by atoms with Crippen molar-refractivity contribution in [3.63, 3.8) is 0 Å². The number of fused-ring (bicyclic) bond motifs is 2. The molecule has 2 aliphatic heterocycles. The fourth-order valence-corrected chi connectivity index (χ4v) is 5.74. The molecule has 0 spiro atoms. The van der Waals surface area contributed by atoms with E-state index in [1.807, 2.05) is 12.1 Å². The molecule has 0 unspecified atom stereocenters. The van der Waals surface area contributed by atoms with Crippen molar-refractivity contribution < 1.29 is 22.7 Å². The molecule has 2 amide bonds. The maximum absolute atomic E-state index is 13.2. The Morgan fingerprint density at radius 3 is 2.85 bits per heavy atom. The minimum atomic E-state index is -3.41.